The number of anilines is 1. The molecule has 116 valence electrons. The van der Waals surface area contributed by atoms with Crippen LogP contribution in [0, 0.1) is 0 Å². The molecule has 0 unspecified atom stereocenters. The van der Waals surface area contributed by atoms with E-state index in [0.717, 1.165) is 38.3 Å². The van der Waals surface area contributed by atoms with Gasteiger partial charge in [-0.15, -0.1) is 0 Å². The van der Waals surface area contributed by atoms with E-state index in [4.69, 9.17) is 12.2 Å². The fourth-order valence-corrected chi connectivity index (χ4v) is 2.32. The summed E-state index contributed by atoms with van der Waals surface area (Å²) in [6.45, 7) is 3.69. The van der Waals surface area contributed by atoms with Crippen LogP contribution in [0.15, 0.2) is 24.3 Å². The average Bonchev–Trinajstić information content (AvgIpc) is 2.41. The van der Waals surface area contributed by atoms with E-state index in [-0.39, 0.29) is 0 Å². The number of hydrazine groups is 1. The van der Waals surface area contributed by atoms with Gasteiger partial charge in [-0.2, -0.15) is 13.2 Å². The topological polar surface area (TPSA) is 31.7 Å². The minimum absolute atomic E-state index is 0.300. The lowest BCUT2D eigenvalue weighted by molar-refractivity contribution is -0.884. The van der Waals surface area contributed by atoms with E-state index < -0.39 is 11.7 Å². The van der Waals surface area contributed by atoms with Gasteiger partial charge >= 0.3 is 6.18 Å². The summed E-state index contributed by atoms with van der Waals surface area (Å²) in [7, 11) is 2.12. The van der Waals surface area contributed by atoms with Gasteiger partial charge in [0.2, 0.25) is 0 Å². The van der Waals surface area contributed by atoms with Crippen molar-refractivity contribution in [3.63, 3.8) is 0 Å². The maximum Gasteiger partial charge on any atom is 0.416 e. The highest BCUT2D eigenvalue weighted by atomic mass is 32.1. The van der Waals surface area contributed by atoms with Crippen LogP contribution in [0.2, 0.25) is 0 Å². The molecule has 0 saturated carbocycles. The van der Waals surface area contributed by atoms with Crippen LogP contribution in [0.5, 0.6) is 0 Å². The first-order valence-electron chi connectivity index (χ1n) is 6.66. The Labute approximate surface area is 126 Å². The van der Waals surface area contributed by atoms with Crippen molar-refractivity contribution >= 4 is 23.0 Å². The second kappa shape index (κ2) is 6.59. The molecule has 1 aromatic rings. The lowest BCUT2D eigenvalue weighted by Crippen LogP contribution is -3.12. The number of hydrogen-bond donors (Lipinski definition) is 3. The quantitative estimate of drug-likeness (QED) is 0.702. The zero-order valence-corrected chi connectivity index (χ0v) is 12.4. The molecule has 1 heterocycles. The average molecular weight is 319 g/mol. The number of likely N-dealkylation sites (N-methyl/N-ethyl adjacent to an activating group) is 1. The van der Waals surface area contributed by atoms with E-state index in [9.17, 15) is 13.2 Å². The van der Waals surface area contributed by atoms with E-state index in [1.165, 1.54) is 11.0 Å². The molecule has 1 aliphatic rings. The first-order valence-corrected chi connectivity index (χ1v) is 7.06. The third-order valence-electron chi connectivity index (χ3n) is 3.32. The molecule has 1 aliphatic heterocycles. The van der Waals surface area contributed by atoms with Crippen molar-refractivity contribution in [1.29, 1.82) is 0 Å². The van der Waals surface area contributed by atoms with Crippen LogP contribution < -0.4 is 15.6 Å². The van der Waals surface area contributed by atoms with Gasteiger partial charge < -0.3 is 10.2 Å². The minimum atomic E-state index is -4.35. The lowest BCUT2D eigenvalue weighted by atomic mass is 10.2. The molecule has 8 heteroatoms. The van der Waals surface area contributed by atoms with Crippen molar-refractivity contribution in [3.05, 3.63) is 29.8 Å². The number of hydrogen-bond acceptors (Lipinski definition) is 2. The normalized spacial score (nSPS) is 17.5. The van der Waals surface area contributed by atoms with Crippen molar-refractivity contribution < 1.29 is 18.1 Å². The fraction of sp³-hybridized carbons (Fsp3) is 0.462. The number of alkyl halides is 3. The highest BCUT2D eigenvalue weighted by molar-refractivity contribution is 7.80. The first-order chi connectivity index (χ1) is 9.84. The molecule has 0 amide bonds. The Morgan fingerprint density at radius 1 is 1.29 bits per heavy atom. The van der Waals surface area contributed by atoms with Crippen molar-refractivity contribution in [2.45, 2.75) is 6.18 Å². The summed E-state index contributed by atoms with van der Waals surface area (Å²) in [5.41, 5.74) is 2.63. The van der Waals surface area contributed by atoms with Gasteiger partial charge in [0.05, 0.1) is 38.8 Å². The maximum absolute atomic E-state index is 12.6. The van der Waals surface area contributed by atoms with E-state index >= 15 is 0 Å². The van der Waals surface area contributed by atoms with E-state index in [2.05, 4.69) is 17.8 Å². The number of piperazine rings is 1. The predicted octanol–water partition coefficient (Wildman–Crippen LogP) is 0.737. The van der Waals surface area contributed by atoms with E-state index in [1.54, 1.807) is 6.07 Å². The first kappa shape index (κ1) is 16.0. The Kier molecular flexibility index (Phi) is 5.02. The Morgan fingerprint density at radius 2 is 1.95 bits per heavy atom. The Morgan fingerprint density at radius 3 is 2.57 bits per heavy atom. The molecule has 0 bridgehead atoms. The second-order valence-corrected chi connectivity index (χ2v) is 5.50. The lowest BCUT2D eigenvalue weighted by Gasteiger charge is -2.31. The zero-order chi connectivity index (χ0) is 15.5. The highest BCUT2D eigenvalue weighted by Crippen LogP contribution is 2.30. The van der Waals surface area contributed by atoms with Gasteiger partial charge in [0.25, 0.3) is 0 Å². The summed E-state index contributed by atoms with van der Waals surface area (Å²) in [5, 5.41) is 5.05. The molecule has 0 radical (unpaired) electrons. The van der Waals surface area contributed by atoms with E-state index in [1.807, 2.05) is 5.01 Å². The van der Waals surface area contributed by atoms with Gasteiger partial charge in [0, 0.05) is 5.69 Å². The number of thiocarbonyl (C=S) groups is 1. The predicted molar refractivity (Wildman–Crippen MR) is 79.0 cm³/mol. The number of quaternary nitrogens is 1. The second-order valence-electron chi connectivity index (χ2n) is 5.09. The van der Waals surface area contributed by atoms with Crippen molar-refractivity contribution in [2.75, 3.05) is 38.5 Å². The molecule has 0 atom stereocenters. The summed E-state index contributed by atoms with van der Waals surface area (Å²) < 4.78 is 37.9. The molecule has 1 fully saturated rings. The smallest absolute Gasteiger partial charge is 0.335 e. The Hall–Kier alpha value is -1.38. The molecule has 1 saturated heterocycles. The van der Waals surface area contributed by atoms with Crippen molar-refractivity contribution in [2.24, 2.45) is 0 Å². The number of nitrogens with one attached hydrogen (secondary N) is 3. The molecule has 0 aliphatic carbocycles. The largest absolute Gasteiger partial charge is 0.416 e. The molecule has 1 aromatic carbocycles. The number of rotatable bonds is 2. The van der Waals surface area contributed by atoms with Gasteiger partial charge in [0.1, 0.15) is 0 Å². The highest BCUT2D eigenvalue weighted by Gasteiger charge is 2.30. The molecular weight excluding hydrogens is 301 g/mol. The van der Waals surface area contributed by atoms with Crippen LogP contribution in [-0.2, 0) is 6.18 Å². The maximum atomic E-state index is 12.6. The summed E-state index contributed by atoms with van der Waals surface area (Å²) >= 11 is 5.13. The SMILES string of the molecule is C[NH+]1CCN(NC(=S)Nc2cccc(C(F)(F)F)c2)CC1. The van der Waals surface area contributed by atoms with Gasteiger partial charge in [-0.05, 0) is 30.4 Å². The zero-order valence-electron chi connectivity index (χ0n) is 11.6. The van der Waals surface area contributed by atoms with Crippen LogP contribution in [-0.4, -0.2) is 43.3 Å². The van der Waals surface area contributed by atoms with Crippen LogP contribution in [0.3, 0.4) is 0 Å². The molecule has 4 nitrogen and oxygen atoms in total. The third kappa shape index (κ3) is 4.83. The number of nitrogens with zero attached hydrogens (tertiary/aromatic N) is 1. The summed E-state index contributed by atoms with van der Waals surface area (Å²) in [4.78, 5) is 1.45. The van der Waals surface area contributed by atoms with Gasteiger partial charge in [0.15, 0.2) is 5.11 Å². The molecule has 2 rings (SSSR count). The van der Waals surface area contributed by atoms with Crippen LogP contribution in [0.4, 0.5) is 18.9 Å². The van der Waals surface area contributed by atoms with Crippen molar-refractivity contribution in [3.8, 4) is 0 Å². The molecule has 0 aromatic heterocycles. The van der Waals surface area contributed by atoms with Crippen LogP contribution in [0.1, 0.15) is 5.56 Å². The van der Waals surface area contributed by atoms with Gasteiger partial charge in [-0.25, -0.2) is 5.01 Å². The third-order valence-corrected chi connectivity index (χ3v) is 3.52. The fourth-order valence-electron chi connectivity index (χ4n) is 2.08. The molecular formula is C13H18F3N4S+. The summed E-state index contributed by atoms with van der Waals surface area (Å²) in [5.74, 6) is 0. The van der Waals surface area contributed by atoms with Crippen LogP contribution in [0.25, 0.3) is 0 Å². The summed E-state index contributed by atoms with van der Waals surface area (Å²) in [6.07, 6.45) is -4.35. The minimum Gasteiger partial charge on any atom is -0.335 e. The van der Waals surface area contributed by atoms with Crippen molar-refractivity contribution in [1.82, 2.24) is 10.4 Å². The molecule has 21 heavy (non-hydrogen) atoms. The van der Waals surface area contributed by atoms with Gasteiger partial charge in [-0.3, -0.25) is 5.43 Å². The Bertz CT molecular complexity index is 498. The molecule has 0 spiro atoms. The van der Waals surface area contributed by atoms with Crippen LogP contribution >= 0.6 is 12.2 Å². The monoisotopic (exact) mass is 319 g/mol. The van der Waals surface area contributed by atoms with Gasteiger partial charge in [-0.1, -0.05) is 6.07 Å². The summed E-state index contributed by atoms with van der Waals surface area (Å²) in [6, 6.07) is 4.98. The number of benzene rings is 1. The standard InChI is InChI=1S/C13H17F3N4S/c1-19-5-7-20(8-6-19)18-12(21)17-11-4-2-3-10(9-11)13(14,15)16/h2-4,9H,5-8H2,1H3,(H2,17,18,21)/p+1. The number of halogens is 3. The molecule has 3 N–H and O–H groups in total. The Balaban J connectivity index is 1.91. The van der Waals surface area contributed by atoms with E-state index in [0.29, 0.717) is 10.8 Å².